The van der Waals surface area contributed by atoms with Crippen LogP contribution < -0.4 is 5.32 Å². The van der Waals surface area contributed by atoms with E-state index in [-0.39, 0.29) is 30.4 Å². The quantitative estimate of drug-likeness (QED) is 0.0487. The van der Waals surface area contributed by atoms with E-state index in [0.717, 1.165) is 38.9 Å². The first kappa shape index (κ1) is 44.5. The predicted octanol–water partition coefficient (Wildman–Crippen LogP) is 10.7. The Morgan fingerprint density at radius 3 is 1.50 bits per heavy atom. The second-order valence-electron chi connectivity index (χ2n) is 16.0. The number of hydrogen-bond donors (Lipinski definition) is 2. The predicted molar refractivity (Wildman–Crippen MR) is 260 cm³/mol. The summed E-state index contributed by atoms with van der Waals surface area (Å²) < 4.78 is 6.63. The molecular formula is C57H47N5O6. The molecular weight excluding hydrogens is 851 g/mol. The van der Waals surface area contributed by atoms with Crippen LogP contribution in [0.5, 0.6) is 0 Å². The number of benzene rings is 7. The summed E-state index contributed by atoms with van der Waals surface area (Å²) in [5.74, 6) is -1.46. The summed E-state index contributed by atoms with van der Waals surface area (Å²) in [6, 6.07) is 69.7. The summed E-state index contributed by atoms with van der Waals surface area (Å²) in [6.45, 7) is -0.250. The summed E-state index contributed by atoms with van der Waals surface area (Å²) in [4.78, 5) is 48.9. The van der Waals surface area contributed by atoms with Crippen LogP contribution >= 0.6 is 0 Å². The molecule has 11 nitrogen and oxygen atoms in total. The van der Waals surface area contributed by atoms with E-state index in [1.54, 1.807) is 17.3 Å². The minimum atomic E-state index is -1.41. The van der Waals surface area contributed by atoms with Crippen LogP contribution in [0.3, 0.4) is 0 Å². The van der Waals surface area contributed by atoms with Crippen molar-refractivity contribution in [2.75, 3.05) is 11.9 Å². The standard InChI is InChI=1S/C57H47N5O6/c63-49-38-48(62(68-54(43-26-12-3-13-27-43)44-28-14-4-15-29-44)39-50(49)67-53(41-22-8-1-9-23-41)42-24-10-2-11-25-42)40-66-61-52(56(64)65)55-58-37-36-51(59-55)60-57(45-30-16-5-17-31-45,46-32-18-6-19-33-46)47-34-20-7-21-35-47/h1-37,39,48,53-54H,38,40H2,(H,64,65)(H,58,59,60)/b61-52-. The number of aromatic nitrogens is 2. The van der Waals surface area contributed by atoms with Gasteiger partial charge in [-0.25, -0.2) is 19.8 Å². The minimum absolute atomic E-state index is 0.0869. The Bertz CT molecular complexity index is 2790. The molecule has 0 bridgehead atoms. The van der Waals surface area contributed by atoms with Gasteiger partial charge in [-0.1, -0.05) is 217 Å². The monoisotopic (exact) mass is 897 g/mol. The lowest BCUT2D eigenvalue weighted by Gasteiger charge is -2.37. The molecule has 8 aromatic rings. The molecule has 2 N–H and O–H groups in total. The summed E-state index contributed by atoms with van der Waals surface area (Å²) in [5, 5.41) is 19.9. The van der Waals surface area contributed by atoms with Crippen LogP contribution in [0.1, 0.15) is 63.4 Å². The number of carboxylic acids is 1. The molecule has 0 spiro atoms. The topological polar surface area (TPSA) is 135 Å². The zero-order valence-electron chi connectivity index (χ0n) is 36.9. The molecule has 11 heteroatoms. The highest BCUT2D eigenvalue weighted by Gasteiger charge is 2.38. The van der Waals surface area contributed by atoms with Gasteiger partial charge in [-0.3, -0.25) is 9.63 Å². The van der Waals surface area contributed by atoms with E-state index in [2.05, 4.69) is 15.5 Å². The number of nitrogens with zero attached hydrogens (tertiary/aromatic N) is 4. The Kier molecular flexibility index (Phi) is 13.8. The molecule has 1 aliphatic rings. The number of aliphatic carboxylic acids is 1. The van der Waals surface area contributed by atoms with Crippen LogP contribution in [0.4, 0.5) is 5.82 Å². The largest absolute Gasteiger partial charge is 0.476 e. The first-order chi connectivity index (χ1) is 33.5. The molecule has 0 fully saturated rings. The van der Waals surface area contributed by atoms with Crippen molar-refractivity contribution in [1.29, 1.82) is 0 Å². The number of ketones is 1. The zero-order chi connectivity index (χ0) is 46.5. The van der Waals surface area contributed by atoms with E-state index < -0.39 is 35.5 Å². The molecule has 68 heavy (non-hydrogen) atoms. The van der Waals surface area contributed by atoms with Gasteiger partial charge in [-0.05, 0) is 45.0 Å². The number of carboxylic acid groups (broad SMARTS) is 1. The van der Waals surface area contributed by atoms with Crippen molar-refractivity contribution in [1.82, 2.24) is 15.0 Å². The number of Topliss-reactive ketones (excluding diaryl/α,β-unsaturated/α-hetero) is 1. The maximum absolute atomic E-state index is 14.2. The smallest absolute Gasteiger partial charge is 0.361 e. The van der Waals surface area contributed by atoms with Crippen LogP contribution in [0, 0.1) is 0 Å². The number of allylic oxidation sites excluding steroid dienone is 1. The molecule has 0 saturated heterocycles. The van der Waals surface area contributed by atoms with Gasteiger partial charge < -0.3 is 20.0 Å². The van der Waals surface area contributed by atoms with Gasteiger partial charge in [0.1, 0.15) is 36.2 Å². The van der Waals surface area contributed by atoms with Crippen molar-refractivity contribution < 1.29 is 29.1 Å². The summed E-state index contributed by atoms with van der Waals surface area (Å²) >= 11 is 0. The third kappa shape index (κ3) is 10.1. The molecule has 2 heterocycles. The lowest BCUT2D eigenvalue weighted by atomic mass is 9.77. The number of rotatable bonds is 18. The van der Waals surface area contributed by atoms with E-state index in [9.17, 15) is 14.7 Å². The zero-order valence-corrected chi connectivity index (χ0v) is 36.9. The van der Waals surface area contributed by atoms with Gasteiger partial charge in [0, 0.05) is 12.6 Å². The van der Waals surface area contributed by atoms with Crippen molar-refractivity contribution in [3.63, 3.8) is 0 Å². The van der Waals surface area contributed by atoms with Crippen LogP contribution in [0.15, 0.2) is 242 Å². The molecule has 0 aliphatic carbocycles. The molecule has 7 aromatic carbocycles. The second-order valence-corrected chi connectivity index (χ2v) is 16.0. The second kappa shape index (κ2) is 21.1. The number of ether oxygens (including phenoxy) is 1. The van der Waals surface area contributed by atoms with Crippen LogP contribution in [-0.2, 0) is 29.5 Å². The number of nitrogens with one attached hydrogen (secondary N) is 1. The average Bonchev–Trinajstić information content (AvgIpc) is 3.40. The summed E-state index contributed by atoms with van der Waals surface area (Å²) in [6.07, 6.45) is 1.71. The van der Waals surface area contributed by atoms with E-state index in [0.29, 0.717) is 5.82 Å². The Labute approximate surface area is 394 Å². The molecule has 1 unspecified atom stereocenters. The van der Waals surface area contributed by atoms with Crippen LogP contribution in [0.25, 0.3) is 0 Å². The number of carbonyl (C=O) groups is 2. The fraction of sp³-hybridized carbons (Fsp3) is 0.105. The molecule has 1 aliphatic heterocycles. The lowest BCUT2D eigenvalue weighted by Crippen LogP contribution is -2.42. The molecule has 9 rings (SSSR count). The Hall–Kier alpha value is -8.67. The maximum Gasteiger partial charge on any atom is 0.361 e. The van der Waals surface area contributed by atoms with Gasteiger partial charge >= 0.3 is 5.97 Å². The van der Waals surface area contributed by atoms with Crippen molar-refractivity contribution in [3.05, 3.63) is 281 Å². The highest BCUT2D eigenvalue weighted by Crippen LogP contribution is 2.40. The van der Waals surface area contributed by atoms with Gasteiger partial charge in [0.25, 0.3) is 0 Å². The molecule has 336 valence electrons. The van der Waals surface area contributed by atoms with Gasteiger partial charge in [0.15, 0.2) is 11.6 Å². The molecule has 0 radical (unpaired) electrons. The SMILES string of the molecule is O=C1CC(CO/N=C(\C(=O)O)c2nccc(NC(c3ccccc3)(c3ccccc3)c3ccccc3)n2)N(OC(c2ccccc2)c2ccccc2)C=C1OC(c1ccccc1)c1ccccc1. The number of carbonyl (C=O) groups excluding carboxylic acids is 1. The minimum Gasteiger partial charge on any atom is -0.476 e. The summed E-state index contributed by atoms with van der Waals surface area (Å²) in [5.41, 5.74) is 4.77. The third-order valence-electron chi connectivity index (χ3n) is 11.6. The van der Waals surface area contributed by atoms with Crippen molar-refractivity contribution in [2.24, 2.45) is 5.16 Å². The normalized spacial score (nSPS) is 14.1. The number of anilines is 1. The van der Waals surface area contributed by atoms with E-state index in [1.807, 2.05) is 212 Å². The van der Waals surface area contributed by atoms with Crippen molar-refractivity contribution in [2.45, 2.75) is 30.2 Å². The number of oxime groups is 1. The molecule has 1 atom stereocenters. The Balaban J connectivity index is 1.04. The van der Waals surface area contributed by atoms with Crippen molar-refractivity contribution >= 4 is 23.3 Å². The Morgan fingerprint density at radius 1 is 0.632 bits per heavy atom. The molecule has 0 saturated carbocycles. The van der Waals surface area contributed by atoms with Gasteiger partial charge in [-0.2, -0.15) is 0 Å². The van der Waals surface area contributed by atoms with Gasteiger partial charge in [0.05, 0.1) is 6.20 Å². The highest BCUT2D eigenvalue weighted by atomic mass is 16.7. The van der Waals surface area contributed by atoms with Crippen molar-refractivity contribution in [3.8, 4) is 0 Å². The molecule has 0 amide bonds. The highest BCUT2D eigenvalue weighted by molar-refractivity contribution is 6.41. The fourth-order valence-corrected chi connectivity index (χ4v) is 8.32. The molecule has 1 aromatic heterocycles. The van der Waals surface area contributed by atoms with E-state index in [1.165, 1.54) is 6.20 Å². The Morgan fingerprint density at radius 2 is 1.06 bits per heavy atom. The lowest BCUT2D eigenvalue weighted by molar-refractivity contribution is -0.197. The van der Waals surface area contributed by atoms with Gasteiger partial charge in [-0.15, -0.1) is 0 Å². The average molecular weight is 898 g/mol. The van der Waals surface area contributed by atoms with E-state index >= 15 is 0 Å². The first-order valence-electron chi connectivity index (χ1n) is 22.2. The van der Waals surface area contributed by atoms with E-state index in [4.69, 9.17) is 19.4 Å². The first-order valence-corrected chi connectivity index (χ1v) is 22.2. The number of hydroxylamine groups is 2. The fourth-order valence-electron chi connectivity index (χ4n) is 8.32. The van der Waals surface area contributed by atoms with Crippen LogP contribution in [0.2, 0.25) is 0 Å². The van der Waals surface area contributed by atoms with Gasteiger partial charge in [0.2, 0.25) is 11.5 Å². The third-order valence-corrected chi connectivity index (χ3v) is 11.6. The maximum atomic E-state index is 14.2. The number of hydrogen-bond acceptors (Lipinski definition) is 10. The van der Waals surface area contributed by atoms with Crippen LogP contribution in [-0.4, -0.2) is 50.3 Å². The summed E-state index contributed by atoms with van der Waals surface area (Å²) in [7, 11) is 0.